The Hall–Kier alpha value is -1.01. The summed E-state index contributed by atoms with van der Waals surface area (Å²) < 4.78 is 7.41. The fraction of sp³-hybridized carbons (Fsp3) is 0.615. The first kappa shape index (κ1) is 13.9. The Morgan fingerprint density at radius 3 is 2.85 bits per heavy atom. The summed E-state index contributed by atoms with van der Waals surface area (Å²) in [6.45, 7) is 0. The van der Waals surface area contributed by atoms with Gasteiger partial charge in [-0.3, -0.25) is 4.68 Å². The van der Waals surface area contributed by atoms with Crippen LogP contribution in [0.15, 0.2) is 15.7 Å². The van der Waals surface area contributed by atoms with Crippen LogP contribution in [0.2, 0.25) is 5.15 Å². The zero-order chi connectivity index (χ0) is 13.9. The fourth-order valence-corrected chi connectivity index (χ4v) is 3.32. The summed E-state index contributed by atoms with van der Waals surface area (Å²) in [6.07, 6.45) is 6.20. The predicted molar refractivity (Wildman–Crippen MR) is 77.9 cm³/mol. The van der Waals surface area contributed by atoms with Crippen molar-refractivity contribution in [2.75, 3.05) is 0 Å². The molecule has 1 fully saturated rings. The average molecular weight is 313 g/mol. The number of hydrogen-bond acceptors (Lipinski definition) is 5. The maximum absolute atomic E-state index is 5.96. The topological polar surface area (TPSA) is 56.7 Å². The second-order valence-corrected chi connectivity index (χ2v) is 6.43. The zero-order valence-electron chi connectivity index (χ0n) is 11.4. The monoisotopic (exact) mass is 312 g/mol. The molecule has 3 rings (SSSR count). The minimum atomic E-state index is 0.454. The van der Waals surface area contributed by atoms with Crippen LogP contribution in [0.4, 0.5) is 0 Å². The highest BCUT2D eigenvalue weighted by Gasteiger charge is 2.21. The maximum atomic E-state index is 5.96. The number of rotatable bonds is 4. The summed E-state index contributed by atoms with van der Waals surface area (Å²) in [6, 6.07) is 1.85. The normalized spacial score (nSPS) is 16.7. The summed E-state index contributed by atoms with van der Waals surface area (Å²) in [7, 11) is 1.82. The van der Waals surface area contributed by atoms with E-state index in [2.05, 4.69) is 15.3 Å². The van der Waals surface area contributed by atoms with E-state index in [1.54, 1.807) is 4.68 Å². The quantitative estimate of drug-likeness (QED) is 0.804. The molecule has 2 aromatic rings. The van der Waals surface area contributed by atoms with Gasteiger partial charge in [-0.05, 0) is 18.9 Å². The van der Waals surface area contributed by atoms with Crippen LogP contribution in [-0.4, -0.2) is 20.0 Å². The molecule has 5 nitrogen and oxygen atoms in total. The molecule has 0 unspecified atom stereocenters. The summed E-state index contributed by atoms with van der Waals surface area (Å²) in [5.41, 5.74) is 0.917. The summed E-state index contributed by atoms with van der Waals surface area (Å²) in [5.74, 6) is 1.94. The average Bonchev–Trinajstić information content (AvgIpc) is 3.05. The molecule has 0 atom stereocenters. The van der Waals surface area contributed by atoms with Crippen LogP contribution in [0.5, 0.6) is 0 Å². The Kier molecular flexibility index (Phi) is 4.31. The molecule has 20 heavy (non-hydrogen) atoms. The lowest BCUT2D eigenvalue weighted by Crippen LogP contribution is -2.04. The second-order valence-electron chi connectivity index (χ2n) is 5.11. The van der Waals surface area contributed by atoms with Crippen LogP contribution in [0, 0.1) is 0 Å². The van der Waals surface area contributed by atoms with Gasteiger partial charge in [-0.1, -0.05) is 42.6 Å². The van der Waals surface area contributed by atoms with Gasteiger partial charge < -0.3 is 4.42 Å². The number of nitrogens with zero attached hydrogens (tertiary/aromatic N) is 4. The van der Waals surface area contributed by atoms with Gasteiger partial charge in [0.05, 0.1) is 5.69 Å². The molecule has 2 aromatic heterocycles. The van der Waals surface area contributed by atoms with Gasteiger partial charge in [0.15, 0.2) is 0 Å². The van der Waals surface area contributed by atoms with Crippen molar-refractivity contribution in [3.8, 4) is 0 Å². The first-order valence-corrected chi connectivity index (χ1v) is 8.23. The summed E-state index contributed by atoms with van der Waals surface area (Å²) in [4.78, 5) is 0. The van der Waals surface area contributed by atoms with Crippen molar-refractivity contribution in [3.63, 3.8) is 0 Å². The summed E-state index contributed by atoms with van der Waals surface area (Å²) in [5, 5.41) is 13.8. The molecule has 2 heterocycles. The first-order chi connectivity index (χ1) is 9.72. The lowest BCUT2D eigenvalue weighted by molar-refractivity contribution is 0.334. The Balaban J connectivity index is 1.59. The molecule has 0 bridgehead atoms. The van der Waals surface area contributed by atoms with Crippen molar-refractivity contribution in [3.05, 3.63) is 22.8 Å². The standard InChI is InChI=1S/C13H17ClN4OS/c1-18-11(14)7-10(17-18)8-20-13-16-15-12(19-13)9-5-3-2-4-6-9/h7,9H,2-6,8H2,1H3. The zero-order valence-corrected chi connectivity index (χ0v) is 13.0. The Morgan fingerprint density at radius 1 is 1.35 bits per heavy atom. The van der Waals surface area contributed by atoms with Gasteiger partial charge in [0.2, 0.25) is 5.89 Å². The third kappa shape index (κ3) is 3.17. The smallest absolute Gasteiger partial charge is 0.276 e. The Morgan fingerprint density at radius 2 is 2.15 bits per heavy atom. The van der Waals surface area contributed by atoms with E-state index < -0.39 is 0 Å². The number of thioether (sulfide) groups is 1. The molecule has 0 spiro atoms. The Bertz CT molecular complexity index is 557. The van der Waals surface area contributed by atoms with E-state index in [-0.39, 0.29) is 0 Å². The van der Waals surface area contributed by atoms with Crippen molar-refractivity contribution in [1.29, 1.82) is 0 Å². The van der Waals surface area contributed by atoms with Crippen molar-refractivity contribution in [2.24, 2.45) is 7.05 Å². The molecule has 0 saturated heterocycles. The molecular formula is C13H17ClN4OS. The van der Waals surface area contributed by atoms with Crippen LogP contribution < -0.4 is 0 Å². The van der Waals surface area contributed by atoms with E-state index in [0.29, 0.717) is 22.0 Å². The minimum Gasteiger partial charge on any atom is -0.416 e. The number of hydrogen-bond donors (Lipinski definition) is 0. The highest BCUT2D eigenvalue weighted by Crippen LogP contribution is 2.33. The molecule has 1 aliphatic carbocycles. The molecule has 0 aliphatic heterocycles. The van der Waals surface area contributed by atoms with Crippen LogP contribution in [0.1, 0.15) is 49.6 Å². The maximum Gasteiger partial charge on any atom is 0.276 e. The Labute approximate surface area is 127 Å². The molecule has 1 aliphatic rings. The minimum absolute atomic E-state index is 0.454. The van der Waals surface area contributed by atoms with Gasteiger partial charge in [0, 0.05) is 18.7 Å². The molecular weight excluding hydrogens is 296 g/mol. The highest BCUT2D eigenvalue weighted by atomic mass is 35.5. The van der Waals surface area contributed by atoms with Gasteiger partial charge in [0.1, 0.15) is 5.15 Å². The predicted octanol–water partition coefficient (Wildman–Crippen LogP) is 3.80. The second kappa shape index (κ2) is 6.18. The van der Waals surface area contributed by atoms with Crippen LogP contribution in [-0.2, 0) is 12.8 Å². The van der Waals surface area contributed by atoms with Gasteiger partial charge in [-0.25, -0.2) is 0 Å². The number of halogens is 1. The summed E-state index contributed by atoms with van der Waals surface area (Å²) >= 11 is 7.46. The molecule has 108 valence electrons. The number of aromatic nitrogens is 4. The van der Waals surface area contributed by atoms with E-state index in [4.69, 9.17) is 16.0 Å². The lowest BCUT2D eigenvalue weighted by Gasteiger charge is -2.17. The lowest BCUT2D eigenvalue weighted by atomic mass is 9.89. The van der Waals surface area contributed by atoms with Gasteiger partial charge >= 0.3 is 0 Å². The van der Waals surface area contributed by atoms with Crippen LogP contribution in [0.25, 0.3) is 0 Å². The SMILES string of the molecule is Cn1nc(CSc2nnc(C3CCCCC3)o2)cc1Cl. The molecule has 0 aromatic carbocycles. The first-order valence-electron chi connectivity index (χ1n) is 6.87. The van der Waals surface area contributed by atoms with Crippen molar-refractivity contribution < 1.29 is 4.42 Å². The third-order valence-electron chi connectivity index (χ3n) is 3.59. The molecule has 7 heteroatoms. The number of aryl methyl sites for hydroxylation is 1. The molecule has 1 saturated carbocycles. The molecule has 0 N–H and O–H groups in total. The van der Waals surface area contributed by atoms with Crippen molar-refractivity contribution in [1.82, 2.24) is 20.0 Å². The largest absolute Gasteiger partial charge is 0.416 e. The van der Waals surface area contributed by atoms with Crippen LogP contribution >= 0.6 is 23.4 Å². The van der Waals surface area contributed by atoms with E-state index >= 15 is 0 Å². The van der Waals surface area contributed by atoms with Gasteiger partial charge in [-0.2, -0.15) is 5.10 Å². The van der Waals surface area contributed by atoms with E-state index in [9.17, 15) is 0 Å². The highest BCUT2D eigenvalue weighted by molar-refractivity contribution is 7.98. The van der Waals surface area contributed by atoms with Gasteiger partial charge in [-0.15, -0.1) is 10.2 Å². The van der Waals surface area contributed by atoms with Gasteiger partial charge in [0.25, 0.3) is 5.22 Å². The fourth-order valence-electron chi connectivity index (χ4n) is 2.50. The van der Waals surface area contributed by atoms with E-state index in [1.165, 1.54) is 43.9 Å². The van der Waals surface area contributed by atoms with E-state index in [0.717, 1.165) is 11.6 Å². The molecule has 0 radical (unpaired) electrons. The van der Waals surface area contributed by atoms with Crippen LogP contribution in [0.3, 0.4) is 0 Å². The molecule has 0 amide bonds. The van der Waals surface area contributed by atoms with Crippen molar-refractivity contribution >= 4 is 23.4 Å². The van der Waals surface area contributed by atoms with E-state index in [1.807, 2.05) is 13.1 Å². The third-order valence-corrected chi connectivity index (χ3v) is 4.80. The van der Waals surface area contributed by atoms with Crippen molar-refractivity contribution in [2.45, 2.75) is 49.0 Å².